The summed E-state index contributed by atoms with van der Waals surface area (Å²) in [5.41, 5.74) is 4.92. The number of anilines is 1. The van der Waals surface area contributed by atoms with Gasteiger partial charge in [-0.05, 0) is 48.6 Å². The van der Waals surface area contributed by atoms with Crippen molar-refractivity contribution in [3.8, 4) is 0 Å². The summed E-state index contributed by atoms with van der Waals surface area (Å²) in [6.07, 6.45) is 3.34. The van der Waals surface area contributed by atoms with Gasteiger partial charge in [-0.15, -0.1) is 0 Å². The summed E-state index contributed by atoms with van der Waals surface area (Å²) in [7, 11) is 0. The Kier molecular flexibility index (Phi) is 3.85. The minimum Gasteiger partial charge on any atom is -0.478 e. The topological polar surface area (TPSA) is 62.2 Å². The van der Waals surface area contributed by atoms with Crippen molar-refractivity contribution in [1.29, 1.82) is 0 Å². The first-order valence-electron chi connectivity index (χ1n) is 8.21. The van der Waals surface area contributed by atoms with Crippen LogP contribution in [0.15, 0.2) is 42.6 Å². The molecule has 1 unspecified atom stereocenters. The molecule has 0 aliphatic heterocycles. The maximum absolute atomic E-state index is 11.7. The van der Waals surface area contributed by atoms with Crippen LogP contribution in [0.25, 0.3) is 10.9 Å². The zero-order valence-electron chi connectivity index (χ0n) is 13.7. The minimum atomic E-state index is -0.990. The normalized spacial score (nSPS) is 16.0. The minimum absolute atomic E-state index is 0.0934. The Hall–Kier alpha value is -2.59. The molecule has 1 aliphatic rings. The highest BCUT2D eigenvalue weighted by molar-refractivity contribution is 6.32. The third kappa shape index (κ3) is 2.63. The quantitative estimate of drug-likeness (QED) is 0.696. The van der Waals surface area contributed by atoms with Gasteiger partial charge in [-0.25, -0.2) is 4.79 Å². The first kappa shape index (κ1) is 15.9. The molecule has 2 N–H and O–H groups in total. The van der Waals surface area contributed by atoms with Gasteiger partial charge >= 0.3 is 5.97 Å². The summed E-state index contributed by atoms with van der Waals surface area (Å²) in [5, 5.41) is 14.5. The summed E-state index contributed by atoms with van der Waals surface area (Å²) >= 11 is 6.20. The van der Waals surface area contributed by atoms with E-state index in [4.69, 9.17) is 11.6 Å². The average molecular weight is 353 g/mol. The van der Waals surface area contributed by atoms with E-state index in [1.54, 1.807) is 6.07 Å². The smallest absolute Gasteiger partial charge is 0.339 e. The highest BCUT2D eigenvalue weighted by Crippen LogP contribution is 2.38. The molecular weight excluding hydrogens is 336 g/mol. The van der Waals surface area contributed by atoms with E-state index in [0.29, 0.717) is 10.7 Å². The van der Waals surface area contributed by atoms with Gasteiger partial charge in [-0.1, -0.05) is 35.9 Å². The molecule has 5 heteroatoms. The Morgan fingerprint density at radius 3 is 2.88 bits per heavy atom. The van der Waals surface area contributed by atoms with Crippen molar-refractivity contribution in [3.63, 3.8) is 0 Å². The summed E-state index contributed by atoms with van der Waals surface area (Å²) in [6.45, 7) is 1.90. The van der Waals surface area contributed by atoms with Crippen LogP contribution in [-0.4, -0.2) is 16.1 Å². The monoisotopic (exact) mass is 352 g/mol. The van der Waals surface area contributed by atoms with Gasteiger partial charge in [0.25, 0.3) is 0 Å². The van der Waals surface area contributed by atoms with Gasteiger partial charge in [-0.3, -0.25) is 4.98 Å². The molecule has 0 spiro atoms. The lowest BCUT2D eigenvalue weighted by Crippen LogP contribution is -2.12. The summed E-state index contributed by atoms with van der Waals surface area (Å²) in [4.78, 5) is 16.1. The number of rotatable bonds is 3. The molecule has 0 amide bonds. The summed E-state index contributed by atoms with van der Waals surface area (Å²) < 4.78 is 0. The fourth-order valence-corrected chi connectivity index (χ4v) is 3.73. The number of nitrogens with one attached hydrogen (secondary N) is 1. The van der Waals surface area contributed by atoms with E-state index < -0.39 is 5.97 Å². The number of hydrogen-bond donors (Lipinski definition) is 2. The average Bonchev–Trinajstić information content (AvgIpc) is 3.01. The number of carbonyl (C=O) groups is 1. The predicted octanol–water partition coefficient (Wildman–Crippen LogP) is 4.99. The van der Waals surface area contributed by atoms with Crippen LogP contribution in [0.5, 0.6) is 0 Å². The fourth-order valence-electron chi connectivity index (χ4n) is 3.58. The SMILES string of the molecule is Cc1c(Cl)ccc2c(NC3CCc4ccccc43)c(C(=O)O)cnc12. The molecule has 0 saturated heterocycles. The molecule has 1 aliphatic carbocycles. The van der Waals surface area contributed by atoms with E-state index in [1.807, 2.05) is 25.1 Å². The largest absolute Gasteiger partial charge is 0.478 e. The zero-order chi connectivity index (χ0) is 17.6. The molecule has 2 aromatic carbocycles. The maximum atomic E-state index is 11.7. The molecule has 126 valence electrons. The van der Waals surface area contributed by atoms with Gasteiger partial charge in [0.1, 0.15) is 5.56 Å². The second-order valence-corrected chi connectivity index (χ2v) is 6.76. The second-order valence-electron chi connectivity index (χ2n) is 6.35. The van der Waals surface area contributed by atoms with Crippen LogP contribution in [0.4, 0.5) is 5.69 Å². The van der Waals surface area contributed by atoms with Gasteiger partial charge in [0.2, 0.25) is 0 Å². The maximum Gasteiger partial charge on any atom is 0.339 e. The first-order valence-corrected chi connectivity index (χ1v) is 8.59. The first-order chi connectivity index (χ1) is 12.1. The van der Waals surface area contributed by atoms with Crippen LogP contribution in [-0.2, 0) is 6.42 Å². The molecule has 25 heavy (non-hydrogen) atoms. The highest BCUT2D eigenvalue weighted by Gasteiger charge is 2.25. The number of aromatic carboxylic acids is 1. The molecule has 1 heterocycles. The Balaban J connectivity index is 1.87. The molecule has 1 atom stereocenters. The number of fused-ring (bicyclic) bond motifs is 2. The van der Waals surface area contributed by atoms with E-state index in [-0.39, 0.29) is 11.6 Å². The van der Waals surface area contributed by atoms with Crippen LogP contribution in [0.1, 0.15) is 39.5 Å². The van der Waals surface area contributed by atoms with Crippen molar-refractivity contribution in [2.24, 2.45) is 0 Å². The van der Waals surface area contributed by atoms with E-state index in [9.17, 15) is 9.90 Å². The Morgan fingerprint density at radius 1 is 1.28 bits per heavy atom. The predicted molar refractivity (Wildman–Crippen MR) is 99.6 cm³/mol. The molecule has 4 rings (SSSR count). The molecule has 0 saturated carbocycles. The molecule has 1 aromatic heterocycles. The number of carboxylic acid groups (broad SMARTS) is 1. The summed E-state index contributed by atoms with van der Waals surface area (Å²) in [5.74, 6) is -0.990. The molecule has 0 bridgehead atoms. The molecule has 3 aromatic rings. The molecule has 0 radical (unpaired) electrons. The van der Waals surface area contributed by atoms with E-state index in [2.05, 4.69) is 22.4 Å². The van der Waals surface area contributed by atoms with E-state index in [0.717, 1.165) is 29.3 Å². The second kappa shape index (κ2) is 6.05. The van der Waals surface area contributed by atoms with Gasteiger partial charge in [0.15, 0.2) is 0 Å². The lowest BCUT2D eigenvalue weighted by Gasteiger charge is -2.19. The molecule has 4 nitrogen and oxygen atoms in total. The Bertz CT molecular complexity index is 1000. The van der Waals surface area contributed by atoms with Crippen molar-refractivity contribution in [2.45, 2.75) is 25.8 Å². The number of carboxylic acids is 1. The van der Waals surface area contributed by atoms with Crippen molar-refractivity contribution >= 4 is 34.2 Å². The lowest BCUT2D eigenvalue weighted by atomic mass is 10.0. The fraction of sp³-hybridized carbons (Fsp3) is 0.200. The number of nitrogens with zero attached hydrogens (tertiary/aromatic N) is 1. The third-order valence-corrected chi connectivity index (χ3v) is 5.32. The van der Waals surface area contributed by atoms with Crippen molar-refractivity contribution in [3.05, 3.63) is 69.9 Å². The van der Waals surface area contributed by atoms with Gasteiger partial charge in [0.05, 0.1) is 17.2 Å². The van der Waals surface area contributed by atoms with E-state index in [1.165, 1.54) is 17.3 Å². The third-order valence-electron chi connectivity index (χ3n) is 4.91. The number of aryl methyl sites for hydroxylation is 2. The highest BCUT2D eigenvalue weighted by atomic mass is 35.5. The number of aromatic nitrogens is 1. The van der Waals surface area contributed by atoms with Crippen LogP contribution in [0.2, 0.25) is 5.02 Å². The van der Waals surface area contributed by atoms with Crippen LogP contribution in [0, 0.1) is 6.92 Å². The Morgan fingerprint density at radius 2 is 2.08 bits per heavy atom. The zero-order valence-corrected chi connectivity index (χ0v) is 14.5. The van der Waals surface area contributed by atoms with Gasteiger partial charge in [0, 0.05) is 16.6 Å². The van der Waals surface area contributed by atoms with Crippen molar-refractivity contribution < 1.29 is 9.90 Å². The summed E-state index contributed by atoms with van der Waals surface area (Å²) in [6, 6.07) is 12.0. The van der Waals surface area contributed by atoms with Crippen LogP contribution in [0.3, 0.4) is 0 Å². The molecule has 0 fully saturated rings. The van der Waals surface area contributed by atoms with E-state index >= 15 is 0 Å². The standard InChI is InChI=1S/C20H17ClN2O2/c1-11-16(21)8-7-14-18(11)22-10-15(20(24)25)19(14)23-17-9-6-12-4-2-3-5-13(12)17/h2-5,7-8,10,17H,6,9H2,1H3,(H,22,23)(H,24,25). The van der Waals surface area contributed by atoms with Crippen molar-refractivity contribution in [1.82, 2.24) is 4.98 Å². The number of halogens is 1. The van der Waals surface area contributed by atoms with Gasteiger partial charge < -0.3 is 10.4 Å². The lowest BCUT2D eigenvalue weighted by molar-refractivity contribution is 0.0697. The number of hydrogen-bond acceptors (Lipinski definition) is 3. The van der Waals surface area contributed by atoms with Crippen LogP contribution < -0.4 is 5.32 Å². The number of pyridine rings is 1. The van der Waals surface area contributed by atoms with Crippen molar-refractivity contribution in [2.75, 3.05) is 5.32 Å². The molecular formula is C20H17ClN2O2. The van der Waals surface area contributed by atoms with Crippen LogP contribution >= 0.6 is 11.6 Å². The Labute approximate surface area is 150 Å². The number of benzene rings is 2. The van der Waals surface area contributed by atoms with Gasteiger partial charge in [-0.2, -0.15) is 0 Å².